The average molecular weight is 218 g/mol. The van der Waals surface area contributed by atoms with Gasteiger partial charge in [-0.05, 0) is 5.56 Å². The maximum atomic E-state index is 4.34. The number of nitrogens with one attached hydrogen (secondary N) is 1. The van der Waals surface area contributed by atoms with E-state index in [-0.39, 0.29) is 0 Å². The SMILES string of the molecule is CC(C)Sc1ncc(-c2ccccc2)[nH]1. The van der Waals surface area contributed by atoms with Crippen LogP contribution in [-0.4, -0.2) is 15.2 Å². The van der Waals surface area contributed by atoms with Gasteiger partial charge >= 0.3 is 0 Å². The predicted molar refractivity (Wildman–Crippen MR) is 65.0 cm³/mol. The molecule has 0 saturated carbocycles. The monoisotopic (exact) mass is 218 g/mol. The molecule has 3 heteroatoms. The Morgan fingerprint density at radius 1 is 1.20 bits per heavy atom. The fourth-order valence-corrected chi connectivity index (χ4v) is 2.08. The largest absolute Gasteiger partial charge is 0.333 e. The molecule has 0 atom stereocenters. The molecule has 15 heavy (non-hydrogen) atoms. The normalized spacial score (nSPS) is 10.9. The van der Waals surface area contributed by atoms with Gasteiger partial charge in [0.15, 0.2) is 5.16 Å². The van der Waals surface area contributed by atoms with Gasteiger partial charge in [0.2, 0.25) is 0 Å². The van der Waals surface area contributed by atoms with Gasteiger partial charge in [0.05, 0.1) is 11.9 Å². The predicted octanol–water partition coefficient (Wildman–Crippen LogP) is 3.58. The van der Waals surface area contributed by atoms with Crippen LogP contribution in [0.2, 0.25) is 0 Å². The fraction of sp³-hybridized carbons (Fsp3) is 0.250. The number of H-pyrrole nitrogens is 1. The summed E-state index contributed by atoms with van der Waals surface area (Å²) in [5, 5.41) is 1.55. The first-order valence-electron chi connectivity index (χ1n) is 5.03. The van der Waals surface area contributed by atoms with Crippen LogP contribution in [0.4, 0.5) is 0 Å². The van der Waals surface area contributed by atoms with Crippen LogP contribution in [0.3, 0.4) is 0 Å². The molecular weight excluding hydrogens is 204 g/mol. The zero-order valence-electron chi connectivity index (χ0n) is 8.90. The van der Waals surface area contributed by atoms with Crippen LogP contribution >= 0.6 is 11.8 Å². The molecule has 0 unspecified atom stereocenters. The van der Waals surface area contributed by atoms with E-state index in [9.17, 15) is 0 Å². The molecule has 78 valence electrons. The van der Waals surface area contributed by atoms with E-state index < -0.39 is 0 Å². The Kier molecular flexibility index (Phi) is 3.11. The van der Waals surface area contributed by atoms with Crippen LogP contribution in [0.5, 0.6) is 0 Å². The number of hydrogen-bond acceptors (Lipinski definition) is 2. The van der Waals surface area contributed by atoms with Crippen molar-refractivity contribution in [3.05, 3.63) is 36.5 Å². The van der Waals surface area contributed by atoms with E-state index in [0.29, 0.717) is 5.25 Å². The summed E-state index contributed by atoms with van der Waals surface area (Å²) in [6, 6.07) is 10.2. The van der Waals surface area contributed by atoms with Crippen molar-refractivity contribution in [2.45, 2.75) is 24.3 Å². The summed E-state index contributed by atoms with van der Waals surface area (Å²) < 4.78 is 0. The van der Waals surface area contributed by atoms with Crippen LogP contribution in [0.1, 0.15) is 13.8 Å². The van der Waals surface area contributed by atoms with E-state index in [0.717, 1.165) is 10.9 Å². The Morgan fingerprint density at radius 2 is 1.93 bits per heavy atom. The van der Waals surface area contributed by atoms with Crippen LogP contribution in [-0.2, 0) is 0 Å². The molecule has 0 radical (unpaired) electrons. The number of nitrogens with zero attached hydrogens (tertiary/aromatic N) is 1. The number of rotatable bonds is 3. The van der Waals surface area contributed by atoms with Gasteiger partial charge in [0.25, 0.3) is 0 Å². The fourth-order valence-electron chi connectivity index (χ4n) is 1.35. The summed E-state index contributed by atoms with van der Waals surface area (Å²) in [5.41, 5.74) is 2.26. The second-order valence-corrected chi connectivity index (χ2v) is 5.20. The zero-order valence-corrected chi connectivity index (χ0v) is 9.71. The lowest BCUT2D eigenvalue weighted by atomic mass is 10.2. The van der Waals surface area contributed by atoms with Crippen molar-refractivity contribution < 1.29 is 0 Å². The quantitative estimate of drug-likeness (QED) is 0.798. The maximum absolute atomic E-state index is 4.34. The summed E-state index contributed by atoms with van der Waals surface area (Å²) in [7, 11) is 0. The molecule has 0 saturated heterocycles. The van der Waals surface area contributed by atoms with Crippen molar-refractivity contribution in [2.75, 3.05) is 0 Å². The van der Waals surface area contributed by atoms with Crippen molar-refractivity contribution in [1.82, 2.24) is 9.97 Å². The molecule has 0 fully saturated rings. The summed E-state index contributed by atoms with van der Waals surface area (Å²) in [6.07, 6.45) is 1.89. The van der Waals surface area contributed by atoms with E-state index in [4.69, 9.17) is 0 Å². The summed E-state index contributed by atoms with van der Waals surface area (Å²) in [5.74, 6) is 0. The molecule has 2 aromatic rings. The van der Waals surface area contributed by atoms with Gasteiger partial charge in [-0.15, -0.1) is 0 Å². The molecule has 1 heterocycles. The average Bonchev–Trinajstić information content (AvgIpc) is 2.67. The Balaban J connectivity index is 2.21. The van der Waals surface area contributed by atoms with Crippen LogP contribution in [0.15, 0.2) is 41.7 Å². The minimum absolute atomic E-state index is 0.555. The molecule has 1 N–H and O–H groups in total. The first-order valence-corrected chi connectivity index (χ1v) is 5.91. The molecule has 1 aromatic heterocycles. The first-order chi connectivity index (χ1) is 7.25. The van der Waals surface area contributed by atoms with Crippen LogP contribution < -0.4 is 0 Å². The van der Waals surface area contributed by atoms with E-state index in [2.05, 4.69) is 35.9 Å². The zero-order chi connectivity index (χ0) is 10.7. The highest BCUT2D eigenvalue weighted by atomic mass is 32.2. The minimum Gasteiger partial charge on any atom is -0.333 e. The Morgan fingerprint density at radius 3 is 2.60 bits per heavy atom. The van der Waals surface area contributed by atoms with Crippen molar-refractivity contribution in [2.24, 2.45) is 0 Å². The third-order valence-electron chi connectivity index (χ3n) is 1.98. The van der Waals surface area contributed by atoms with Crippen LogP contribution in [0.25, 0.3) is 11.3 Å². The van der Waals surface area contributed by atoms with E-state index >= 15 is 0 Å². The lowest BCUT2D eigenvalue weighted by molar-refractivity contribution is 1.03. The van der Waals surface area contributed by atoms with Crippen molar-refractivity contribution in [1.29, 1.82) is 0 Å². The topological polar surface area (TPSA) is 28.7 Å². The van der Waals surface area contributed by atoms with Gasteiger partial charge in [-0.2, -0.15) is 0 Å². The highest BCUT2D eigenvalue weighted by Crippen LogP contribution is 2.23. The first kappa shape index (κ1) is 10.3. The third kappa shape index (κ3) is 2.63. The Hall–Kier alpha value is -1.22. The van der Waals surface area contributed by atoms with Gasteiger partial charge in [-0.3, -0.25) is 0 Å². The molecule has 2 rings (SSSR count). The van der Waals surface area contributed by atoms with E-state index in [1.54, 1.807) is 11.8 Å². The number of imidazole rings is 1. The summed E-state index contributed by atoms with van der Waals surface area (Å²) in [4.78, 5) is 7.65. The van der Waals surface area contributed by atoms with Gasteiger partial charge < -0.3 is 4.98 Å². The highest BCUT2D eigenvalue weighted by molar-refractivity contribution is 7.99. The Bertz CT molecular complexity index is 420. The van der Waals surface area contributed by atoms with Crippen LogP contribution in [0, 0.1) is 0 Å². The van der Waals surface area contributed by atoms with Gasteiger partial charge in [0.1, 0.15) is 0 Å². The lowest BCUT2D eigenvalue weighted by Gasteiger charge is -1.99. The Labute approximate surface area is 94.1 Å². The van der Waals surface area contributed by atoms with E-state index in [1.165, 1.54) is 5.56 Å². The lowest BCUT2D eigenvalue weighted by Crippen LogP contribution is -1.87. The van der Waals surface area contributed by atoms with Gasteiger partial charge in [-0.25, -0.2) is 4.98 Å². The number of benzene rings is 1. The second-order valence-electron chi connectivity index (χ2n) is 3.63. The number of aromatic nitrogens is 2. The third-order valence-corrected chi connectivity index (χ3v) is 2.89. The van der Waals surface area contributed by atoms with Crippen molar-refractivity contribution in [3.63, 3.8) is 0 Å². The summed E-state index contributed by atoms with van der Waals surface area (Å²) >= 11 is 1.75. The smallest absolute Gasteiger partial charge is 0.166 e. The molecule has 2 nitrogen and oxygen atoms in total. The van der Waals surface area contributed by atoms with Gasteiger partial charge in [-0.1, -0.05) is 55.9 Å². The molecule has 0 aliphatic rings. The van der Waals surface area contributed by atoms with Crippen molar-refractivity contribution >= 4 is 11.8 Å². The molecule has 0 aliphatic carbocycles. The molecule has 0 amide bonds. The summed E-state index contributed by atoms with van der Waals surface area (Å²) in [6.45, 7) is 4.32. The minimum atomic E-state index is 0.555. The molecule has 0 spiro atoms. The number of hydrogen-bond donors (Lipinski definition) is 1. The number of thioether (sulfide) groups is 1. The molecule has 1 aromatic carbocycles. The maximum Gasteiger partial charge on any atom is 0.166 e. The second kappa shape index (κ2) is 4.53. The standard InChI is InChI=1S/C12H14N2S/c1-9(2)15-12-13-8-11(14-12)10-6-4-3-5-7-10/h3-9H,1-2H3,(H,13,14). The van der Waals surface area contributed by atoms with E-state index in [1.807, 2.05) is 24.4 Å². The highest BCUT2D eigenvalue weighted by Gasteiger charge is 2.04. The molecule has 0 bridgehead atoms. The van der Waals surface area contributed by atoms with Gasteiger partial charge in [0, 0.05) is 5.25 Å². The number of aromatic amines is 1. The van der Waals surface area contributed by atoms with Crippen molar-refractivity contribution in [3.8, 4) is 11.3 Å². The molecular formula is C12H14N2S. The molecule has 0 aliphatic heterocycles.